The monoisotopic (exact) mass is 299 g/mol. The SMILES string of the molecule is Clc1ccc(N2CC3(CCCC3)C2)cc1Br. The van der Waals surface area contributed by atoms with E-state index in [9.17, 15) is 0 Å². The molecule has 1 saturated carbocycles. The standard InChI is InChI=1S/C13H15BrClN/c14-11-7-10(3-4-12(11)15)16-8-13(9-16)5-1-2-6-13/h3-4,7H,1-2,5-6,8-9H2. The lowest BCUT2D eigenvalue weighted by Gasteiger charge is -2.49. The van der Waals surface area contributed by atoms with Gasteiger partial charge in [-0.3, -0.25) is 0 Å². The highest BCUT2D eigenvalue weighted by Gasteiger charge is 2.44. The van der Waals surface area contributed by atoms with Crippen LogP contribution in [0, 0.1) is 5.41 Å². The average molecular weight is 301 g/mol. The average Bonchev–Trinajstić information content (AvgIpc) is 2.69. The number of hydrogen-bond donors (Lipinski definition) is 0. The first-order valence-electron chi connectivity index (χ1n) is 5.89. The van der Waals surface area contributed by atoms with Crippen molar-refractivity contribution in [2.75, 3.05) is 18.0 Å². The Morgan fingerprint density at radius 2 is 1.88 bits per heavy atom. The van der Waals surface area contributed by atoms with E-state index in [0.29, 0.717) is 5.41 Å². The van der Waals surface area contributed by atoms with Gasteiger partial charge < -0.3 is 4.90 Å². The molecule has 0 atom stereocenters. The van der Waals surface area contributed by atoms with E-state index >= 15 is 0 Å². The Kier molecular flexibility index (Phi) is 2.67. The maximum atomic E-state index is 6.00. The molecule has 1 spiro atoms. The molecule has 2 fully saturated rings. The highest BCUT2D eigenvalue weighted by atomic mass is 79.9. The summed E-state index contributed by atoms with van der Waals surface area (Å²) in [7, 11) is 0. The lowest BCUT2D eigenvalue weighted by atomic mass is 9.78. The predicted molar refractivity (Wildman–Crippen MR) is 72.3 cm³/mol. The molecular formula is C13H15BrClN. The summed E-state index contributed by atoms with van der Waals surface area (Å²) in [6, 6.07) is 6.22. The molecule has 86 valence electrons. The van der Waals surface area contributed by atoms with Crippen molar-refractivity contribution in [2.45, 2.75) is 25.7 Å². The van der Waals surface area contributed by atoms with Crippen molar-refractivity contribution in [3.8, 4) is 0 Å². The van der Waals surface area contributed by atoms with Crippen LogP contribution in [0.2, 0.25) is 5.02 Å². The molecular weight excluding hydrogens is 286 g/mol. The summed E-state index contributed by atoms with van der Waals surface area (Å²) >= 11 is 9.49. The lowest BCUT2D eigenvalue weighted by Crippen LogP contribution is -2.55. The van der Waals surface area contributed by atoms with Gasteiger partial charge in [-0.15, -0.1) is 0 Å². The molecule has 3 rings (SSSR count). The van der Waals surface area contributed by atoms with Gasteiger partial charge in [0.05, 0.1) is 5.02 Å². The Morgan fingerprint density at radius 1 is 1.19 bits per heavy atom. The van der Waals surface area contributed by atoms with Crippen LogP contribution in [0.5, 0.6) is 0 Å². The Labute approximate surface area is 110 Å². The summed E-state index contributed by atoms with van der Waals surface area (Å²) in [6.45, 7) is 2.47. The molecule has 0 bridgehead atoms. The minimum absolute atomic E-state index is 0.659. The van der Waals surface area contributed by atoms with Gasteiger partial charge in [0.15, 0.2) is 0 Å². The van der Waals surface area contributed by atoms with Crippen LogP contribution in [0.25, 0.3) is 0 Å². The molecule has 0 N–H and O–H groups in total. The molecule has 1 aliphatic carbocycles. The molecule has 0 unspecified atom stereocenters. The number of hydrogen-bond acceptors (Lipinski definition) is 1. The van der Waals surface area contributed by atoms with E-state index in [1.165, 1.54) is 44.5 Å². The lowest BCUT2D eigenvalue weighted by molar-refractivity contribution is 0.222. The van der Waals surface area contributed by atoms with Crippen LogP contribution in [-0.4, -0.2) is 13.1 Å². The molecule has 1 nitrogen and oxygen atoms in total. The summed E-state index contributed by atoms with van der Waals surface area (Å²) in [5.41, 5.74) is 1.96. The first kappa shape index (κ1) is 10.9. The zero-order chi connectivity index (χ0) is 11.2. The highest BCUT2D eigenvalue weighted by Crippen LogP contribution is 2.47. The van der Waals surface area contributed by atoms with Gasteiger partial charge >= 0.3 is 0 Å². The van der Waals surface area contributed by atoms with Gasteiger partial charge in [-0.2, -0.15) is 0 Å². The number of benzene rings is 1. The van der Waals surface area contributed by atoms with Crippen molar-refractivity contribution in [1.82, 2.24) is 0 Å². The molecule has 3 heteroatoms. The van der Waals surface area contributed by atoms with E-state index in [-0.39, 0.29) is 0 Å². The zero-order valence-corrected chi connectivity index (χ0v) is 11.5. The van der Waals surface area contributed by atoms with E-state index in [2.05, 4.69) is 33.0 Å². The Hall–Kier alpha value is -0.210. The largest absolute Gasteiger partial charge is 0.370 e. The van der Waals surface area contributed by atoms with Crippen LogP contribution >= 0.6 is 27.5 Å². The Bertz CT molecular complexity index is 404. The van der Waals surface area contributed by atoms with Crippen molar-refractivity contribution >= 4 is 33.2 Å². The molecule has 1 aromatic carbocycles. The maximum absolute atomic E-state index is 6.00. The third kappa shape index (κ3) is 1.76. The molecule has 0 radical (unpaired) electrons. The molecule has 0 aromatic heterocycles. The maximum Gasteiger partial charge on any atom is 0.0549 e. The second-order valence-electron chi connectivity index (χ2n) is 5.16. The summed E-state index contributed by atoms with van der Waals surface area (Å²) in [5.74, 6) is 0. The van der Waals surface area contributed by atoms with Crippen molar-refractivity contribution < 1.29 is 0 Å². The van der Waals surface area contributed by atoms with Gasteiger partial charge in [0.25, 0.3) is 0 Å². The van der Waals surface area contributed by atoms with Crippen molar-refractivity contribution in [3.63, 3.8) is 0 Å². The van der Waals surface area contributed by atoms with E-state index in [4.69, 9.17) is 11.6 Å². The summed E-state index contributed by atoms with van der Waals surface area (Å²) < 4.78 is 0.999. The number of anilines is 1. The smallest absolute Gasteiger partial charge is 0.0549 e. The zero-order valence-electron chi connectivity index (χ0n) is 9.18. The fourth-order valence-corrected chi connectivity index (χ4v) is 3.55. The second kappa shape index (κ2) is 3.92. The van der Waals surface area contributed by atoms with Crippen molar-refractivity contribution in [3.05, 3.63) is 27.7 Å². The van der Waals surface area contributed by atoms with E-state index in [1.807, 2.05) is 6.07 Å². The number of rotatable bonds is 1. The summed E-state index contributed by atoms with van der Waals surface area (Å²) in [4.78, 5) is 2.46. The summed E-state index contributed by atoms with van der Waals surface area (Å²) in [5, 5.41) is 0.792. The van der Waals surface area contributed by atoms with Gasteiger partial charge in [0, 0.05) is 28.7 Å². The van der Waals surface area contributed by atoms with Crippen LogP contribution in [-0.2, 0) is 0 Å². The molecule has 16 heavy (non-hydrogen) atoms. The number of halogens is 2. The second-order valence-corrected chi connectivity index (χ2v) is 6.42. The fourth-order valence-electron chi connectivity index (χ4n) is 3.07. The summed E-state index contributed by atoms with van der Waals surface area (Å²) in [6.07, 6.45) is 5.72. The third-order valence-corrected chi connectivity index (χ3v) is 5.20. The minimum atomic E-state index is 0.659. The van der Waals surface area contributed by atoms with Gasteiger partial charge in [-0.1, -0.05) is 24.4 Å². The van der Waals surface area contributed by atoms with Crippen LogP contribution < -0.4 is 4.90 Å². The van der Waals surface area contributed by atoms with Crippen LogP contribution in [0.3, 0.4) is 0 Å². The van der Waals surface area contributed by atoms with Crippen LogP contribution in [0.1, 0.15) is 25.7 Å². The molecule has 1 aromatic rings. The Morgan fingerprint density at radius 3 is 2.50 bits per heavy atom. The molecule has 0 amide bonds. The Balaban J connectivity index is 1.73. The number of nitrogens with zero attached hydrogens (tertiary/aromatic N) is 1. The first-order valence-corrected chi connectivity index (χ1v) is 7.06. The van der Waals surface area contributed by atoms with Crippen molar-refractivity contribution in [1.29, 1.82) is 0 Å². The van der Waals surface area contributed by atoms with Gasteiger partial charge in [0.2, 0.25) is 0 Å². The quantitative estimate of drug-likeness (QED) is 0.739. The van der Waals surface area contributed by atoms with Gasteiger partial charge in [-0.25, -0.2) is 0 Å². The molecule has 1 saturated heterocycles. The highest BCUT2D eigenvalue weighted by molar-refractivity contribution is 9.10. The minimum Gasteiger partial charge on any atom is -0.370 e. The molecule has 1 aliphatic heterocycles. The van der Waals surface area contributed by atoms with Crippen LogP contribution in [0.15, 0.2) is 22.7 Å². The molecule has 2 aliphatic rings. The van der Waals surface area contributed by atoms with E-state index in [0.717, 1.165) is 9.50 Å². The van der Waals surface area contributed by atoms with Crippen molar-refractivity contribution in [2.24, 2.45) is 5.41 Å². The normalized spacial score (nSPS) is 22.5. The predicted octanol–water partition coefficient (Wildman–Crippen LogP) is 4.48. The first-order chi connectivity index (χ1) is 7.69. The van der Waals surface area contributed by atoms with E-state index in [1.54, 1.807) is 0 Å². The van der Waals surface area contributed by atoms with Gasteiger partial charge in [-0.05, 0) is 47.0 Å². The fraction of sp³-hybridized carbons (Fsp3) is 0.538. The molecule has 1 heterocycles. The topological polar surface area (TPSA) is 3.24 Å². The van der Waals surface area contributed by atoms with E-state index < -0.39 is 0 Å². The third-order valence-electron chi connectivity index (χ3n) is 3.99. The van der Waals surface area contributed by atoms with Crippen LogP contribution in [0.4, 0.5) is 5.69 Å². The van der Waals surface area contributed by atoms with Gasteiger partial charge in [0.1, 0.15) is 0 Å².